The average molecular weight is 426 g/mol. The van der Waals surface area contributed by atoms with Crippen LogP contribution in [0.3, 0.4) is 0 Å². The molecule has 31 heavy (non-hydrogen) atoms. The average Bonchev–Trinajstić information content (AvgIpc) is 3.14. The monoisotopic (exact) mass is 425 g/mol. The molecule has 166 valence electrons. The molecule has 2 amide bonds. The van der Waals surface area contributed by atoms with E-state index in [0.29, 0.717) is 24.5 Å². The number of anilines is 1. The van der Waals surface area contributed by atoms with Gasteiger partial charge in [0.15, 0.2) is 5.69 Å². The minimum atomic E-state index is -0.225. The molecule has 8 heteroatoms. The lowest BCUT2D eigenvalue weighted by molar-refractivity contribution is -0.136. The summed E-state index contributed by atoms with van der Waals surface area (Å²) in [4.78, 5) is 32.1. The van der Waals surface area contributed by atoms with Crippen LogP contribution in [-0.4, -0.2) is 79.1 Å². The van der Waals surface area contributed by atoms with Crippen molar-refractivity contribution >= 4 is 17.5 Å². The van der Waals surface area contributed by atoms with Crippen LogP contribution in [0.1, 0.15) is 29.1 Å². The number of amides is 2. The molecule has 1 N–H and O–H groups in total. The van der Waals surface area contributed by atoms with Gasteiger partial charge in [0.1, 0.15) is 5.76 Å². The first kappa shape index (κ1) is 21.4. The number of rotatable bonds is 4. The van der Waals surface area contributed by atoms with Crippen molar-refractivity contribution in [3.05, 3.63) is 47.9 Å². The lowest BCUT2D eigenvalue weighted by Crippen LogP contribution is -2.51. The number of nitrogens with one attached hydrogen (secondary N) is 1. The third kappa shape index (κ3) is 5.25. The number of benzene rings is 1. The Labute approximate surface area is 183 Å². The number of hydrogen-bond acceptors (Lipinski definition) is 6. The second-order valence-corrected chi connectivity index (χ2v) is 8.64. The number of carbonyl (C=O) groups is 2. The first-order chi connectivity index (χ1) is 15.0. The van der Waals surface area contributed by atoms with Crippen LogP contribution in [0, 0.1) is 12.8 Å². The number of likely N-dealkylation sites (N-methyl/N-ethyl adjacent to an activating group) is 1. The predicted molar refractivity (Wildman–Crippen MR) is 118 cm³/mol. The summed E-state index contributed by atoms with van der Waals surface area (Å²) in [6.45, 7) is 6.40. The Morgan fingerprint density at radius 3 is 2.48 bits per heavy atom. The van der Waals surface area contributed by atoms with Crippen molar-refractivity contribution in [2.24, 2.45) is 5.92 Å². The van der Waals surface area contributed by atoms with Gasteiger partial charge in [-0.3, -0.25) is 9.59 Å². The fourth-order valence-electron chi connectivity index (χ4n) is 4.55. The highest BCUT2D eigenvalue weighted by molar-refractivity contribution is 5.92. The number of para-hydroxylation sites is 1. The number of nitrogens with zero attached hydrogens (tertiary/aromatic N) is 4. The van der Waals surface area contributed by atoms with Gasteiger partial charge in [0.05, 0.1) is 5.92 Å². The predicted octanol–water partition coefficient (Wildman–Crippen LogP) is 1.77. The lowest BCUT2D eigenvalue weighted by atomic mass is 9.99. The molecule has 0 spiro atoms. The van der Waals surface area contributed by atoms with E-state index < -0.39 is 0 Å². The van der Waals surface area contributed by atoms with E-state index >= 15 is 0 Å². The van der Waals surface area contributed by atoms with Crippen LogP contribution in [0.4, 0.5) is 5.69 Å². The summed E-state index contributed by atoms with van der Waals surface area (Å²) in [6, 6.07) is 12.0. The Bertz CT molecular complexity index is 892. The van der Waals surface area contributed by atoms with Crippen LogP contribution in [0.15, 0.2) is 40.9 Å². The molecule has 2 saturated heterocycles. The van der Waals surface area contributed by atoms with Crippen LogP contribution in [0.25, 0.3) is 0 Å². The summed E-state index contributed by atoms with van der Waals surface area (Å²) in [7, 11) is 2.01. The van der Waals surface area contributed by atoms with Gasteiger partial charge in [0.2, 0.25) is 5.91 Å². The molecule has 8 nitrogen and oxygen atoms in total. The van der Waals surface area contributed by atoms with E-state index in [1.54, 1.807) is 13.0 Å². The molecule has 0 aliphatic carbocycles. The molecule has 0 bridgehead atoms. The Morgan fingerprint density at radius 1 is 1.06 bits per heavy atom. The number of hydrogen-bond donors (Lipinski definition) is 1. The molecular weight excluding hydrogens is 394 g/mol. The molecule has 2 aliphatic rings. The third-order valence-corrected chi connectivity index (χ3v) is 6.19. The zero-order valence-corrected chi connectivity index (χ0v) is 18.3. The van der Waals surface area contributed by atoms with Crippen LogP contribution in [-0.2, 0) is 4.79 Å². The number of aryl methyl sites for hydroxylation is 1. The maximum absolute atomic E-state index is 13.2. The SMILES string of the molecule is Cc1cc(C(=O)N[C@H]2CC[C@@H](C(=O)N3CCN(c4ccccc4)CC3)CN(C)C2)no1. The van der Waals surface area contributed by atoms with Gasteiger partial charge in [-0.2, -0.15) is 0 Å². The van der Waals surface area contributed by atoms with Crippen LogP contribution >= 0.6 is 0 Å². The minimum Gasteiger partial charge on any atom is -0.368 e. The molecule has 2 aromatic rings. The van der Waals surface area contributed by atoms with Crippen molar-refractivity contribution in [1.82, 2.24) is 20.3 Å². The molecule has 0 unspecified atom stereocenters. The topological polar surface area (TPSA) is 81.9 Å². The number of carbonyl (C=O) groups excluding carboxylic acids is 2. The van der Waals surface area contributed by atoms with Gasteiger partial charge in [-0.15, -0.1) is 0 Å². The highest BCUT2D eigenvalue weighted by atomic mass is 16.5. The van der Waals surface area contributed by atoms with Gasteiger partial charge >= 0.3 is 0 Å². The van der Waals surface area contributed by atoms with E-state index in [0.717, 1.165) is 39.0 Å². The van der Waals surface area contributed by atoms with Crippen LogP contribution in [0.5, 0.6) is 0 Å². The van der Waals surface area contributed by atoms with Crippen molar-refractivity contribution in [2.45, 2.75) is 25.8 Å². The molecule has 1 aromatic carbocycles. The third-order valence-electron chi connectivity index (χ3n) is 6.19. The second kappa shape index (κ2) is 9.51. The van der Waals surface area contributed by atoms with E-state index in [2.05, 4.69) is 32.4 Å². The number of likely N-dealkylation sites (tertiary alicyclic amines) is 1. The first-order valence-corrected chi connectivity index (χ1v) is 11.0. The molecule has 4 rings (SSSR count). The summed E-state index contributed by atoms with van der Waals surface area (Å²) < 4.78 is 5.00. The van der Waals surface area contributed by atoms with Gasteiger partial charge in [0.25, 0.3) is 5.91 Å². The van der Waals surface area contributed by atoms with Crippen molar-refractivity contribution < 1.29 is 14.1 Å². The van der Waals surface area contributed by atoms with E-state index in [-0.39, 0.29) is 23.8 Å². The summed E-state index contributed by atoms with van der Waals surface area (Å²) in [5.41, 5.74) is 1.51. The van der Waals surface area contributed by atoms with Crippen molar-refractivity contribution in [3.8, 4) is 0 Å². The zero-order valence-electron chi connectivity index (χ0n) is 18.3. The fraction of sp³-hybridized carbons (Fsp3) is 0.522. The molecule has 0 saturated carbocycles. The van der Waals surface area contributed by atoms with Gasteiger partial charge in [0, 0.05) is 57.1 Å². The highest BCUT2D eigenvalue weighted by Gasteiger charge is 2.32. The summed E-state index contributed by atoms with van der Waals surface area (Å²) >= 11 is 0. The summed E-state index contributed by atoms with van der Waals surface area (Å²) in [6.07, 6.45) is 1.54. The zero-order chi connectivity index (χ0) is 21.8. The Morgan fingerprint density at radius 2 is 1.81 bits per heavy atom. The second-order valence-electron chi connectivity index (χ2n) is 8.64. The smallest absolute Gasteiger partial charge is 0.273 e. The van der Waals surface area contributed by atoms with Gasteiger partial charge in [-0.25, -0.2) is 0 Å². The largest absolute Gasteiger partial charge is 0.368 e. The standard InChI is InChI=1S/C23H31N5O3/c1-17-14-21(25-31-17)22(29)24-19-9-8-18(15-26(2)16-19)23(30)28-12-10-27(11-13-28)20-6-4-3-5-7-20/h3-7,14,18-19H,8-13,15-16H2,1-2H3,(H,24,29)/t18-,19+/m1/s1. The maximum atomic E-state index is 13.2. The molecule has 3 heterocycles. The Hall–Kier alpha value is -2.87. The molecular formula is C23H31N5O3. The summed E-state index contributed by atoms with van der Waals surface area (Å²) in [5, 5.41) is 6.84. The Kier molecular flexibility index (Phi) is 6.56. The normalized spacial score (nSPS) is 22.8. The van der Waals surface area contributed by atoms with E-state index in [9.17, 15) is 9.59 Å². The molecule has 1 aromatic heterocycles. The first-order valence-electron chi connectivity index (χ1n) is 11.0. The lowest BCUT2D eigenvalue weighted by Gasteiger charge is -2.37. The molecule has 2 fully saturated rings. The van der Waals surface area contributed by atoms with Crippen LogP contribution in [0.2, 0.25) is 0 Å². The van der Waals surface area contributed by atoms with Gasteiger partial charge < -0.3 is 24.5 Å². The minimum absolute atomic E-state index is 0.0118. The fourth-order valence-corrected chi connectivity index (χ4v) is 4.55. The number of aromatic nitrogens is 1. The molecule has 2 atom stereocenters. The van der Waals surface area contributed by atoms with E-state index in [4.69, 9.17) is 4.52 Å². The quantitative estimate of drug-likeness (QED) is 0.804. The van der Waals surface area contributed by atoms with Crippen molar-refractivity contribution in [1.29, 1.82) is 0 Å². The van der Waals surface area contributed by atoms with Crippen LogP contribution < -0.4 is 10.2 Å². The van der Waals surface area contributed by atoms with Crippen molar-refractivity contribution in [3.63, 3.8) is 0 Å². The summed E-state index contributed by atoms with van der Waals surface area (Å²) in [5.74, 6) is 0.585. The van der Waals surface area contributed by atoms with Gasteiger partial charge in [-0.05, 0) is 38.9 Å². The highest BCUT2D eigenvalue weighted by Crippen LogP contribution is 2.21. The van der Waals surface area contributed by atoms with Crippen molar-refractivity contribution in [2.75, 3.05) is 51.2 Å². The molecule has 0 radical (unpaired) electrons. The van der Waals surface area contributed by atoms with Gasteiger partial charge in [-0.1, -0.05) is 23.4 Å². The Balaban J connectivity index is 1.30. The van der Waals surface area contributed by atoms with E-state index in [1.807, 2.05) is 30.1 Å². The number of piperazine rings is 1. The molecule has 2 aliphatic heterocycles. The maximum Gasteiger partial charge on any atom is 0.273 e. The van der Waals surface area contributed by atoms with E-state index in [1.165, 1.54) is 5.69 Å².